The zero-order chi connectivity index (χ0) is 16.4. The van der Waals surface area contributed by atoms with Gasteiger partial charge >= 0.3 is 0 Å². The molecule has 0 amide bonds. The molecule has 2 nitrogen and oxygen atoms in total. The Hall–Kier alpha value is -0.760. The molecule has 0 aromatic rings. The minimum atomic E-state index is 0.156. The molecule has 2 aliphatic rings. The Labute approximate surface area is 137 Å². The first-order chi connectivity index (χ1) is 10.3. The topological polar surface area (TPSA) is 24.1 Å². The molecule has 2 heteroatoms. The van der Waals surface area contributed by atoms with Crippen LogP contribution in [0.3, 0.4) is 0 Å². The number of likely N-dealkylation sites (N-methyl/N-ethyl adjacent to an activating group) is 1. The normalized spacial score (nSPS) is 34.6. The minimum Gasteiger partial charge on any atom is -0.382 e. The van der Waals surface area contributed by atoms with Gasteiger partial charge in [0, 0.05) is 28.6 Å². The highest BCUT2D eigenvalue weighted by atomic mass is 15.1. The molecule has 1 unspecified atom stereocenters. The summed E-state index contributed by atoms with van der Waals surface area (Å²) in [6, 6.07) is 0. The van der Waals surface area contributed by atoms with E-state index in [1.807, 2.05) is 7.05 Å². The van der Waals surface area contributed by atoms with Gasteiger partial charge in [0.15, 0.2) is 0 Å². The lowest BCUT2D eigenvalue weighted by atomic mass is 9.63. The third-order valence-electron chi connectivity index (χ3n) is 6.14. The molecule has 2 N–H and O–H groups in total. The molecule has 1 saturated heterocycles. The average Bonchev–Trinajstić information content (AvgIpc) is 2.71. The van der Waals surface area contributed by atoms with Crippen molar-refractivity contribution in [3.8, 4) is 0 Å². The summed E-state index contributed by atoms with van der Waals surface area (Å²) in [5.41, 5.74) is 3.69. The maximum Gasteiger partial charge on any atom is 0.0439 e. The van der Waals surface area contributed by atoms with Crippen LogP contribution in [0.25, 0.3) is 0 Å². The van der Waals surface area contributed by atoms with Crippen molar-refractivity contribution in [2.24, 2.45) is 10.8 Å². The van der Waals surface area contributed by atoms with Gasteiger partial charge in [-0.15, -0.1) is 0 Å². The third kappa shape index (κ3) is 3.13. The van der Waals surface area contributed by atoms with Crippen LogP contribution in [0.15, 0.2) is 23.4 Å². The van der Waals surface area contributed by atoms with Gasteiger partial charge in [0.1, 0.15) is 0 Å². The summed E-state index contributed by atoms with van der Waals surface area (Å²) in [5.74, 6) is 0. The Morgan fingerprint density at radius 2 is 2.18 bits per heavy atom. The van der Waals surface area contributed by atoms with Gasteiger partial charge in [-0.2, -0.15) is 0 Å². The van der Waals surface area contributed by atoms with E-state index in [2.05, 4.69) is 57.4 Å². The van der Waals surface area contributed by atoms with Gasteiger partial charge in [0.2, 0.25) is 0 Å². The van der Waals surface area contributed by atoms with E-state index in [0.29, 0.717) is 5.41 Å². The van der Waals surface area contributed by atoms with Crippen LogP contribution in [0.5, 0.6) is 0 Å². The van der Waals surface area contributed by atoms with Crippen LogP contribution in [-0.4, -0.2) is 19.1 Å². The average molecular weight is 305 g/mol. The SMILES string of the molecule is CCC[C@](C)(/C=C(/C)CNC)C1(C)C[C@@]2(C)CCCC=C2N1. The van der Waals surface area contributed by atoms with Gasteiger partial charge < -0.3 is 10.6 Å². The Morgan fingerprint density at radius 1 is 1.45 bits per heavy atom. The summed E-state index contributed by atoms with van der Waals surface area (Å²) in [5, 5.41) is 7.27. The summed E-state index contributed by atoms with van der Waals surface area (Å²) in [7, 11) is 2.03. The molecule has 3 atom stereocenters. The molecule has 1 aliphatic carbocycles. The van der Waals surface area contributed by atoms with Crippen molar-refractivity contribution in [1.29, 1.82) is 0 Å². The number of nitrogens with one attached hydrogen (secondary N) is 2. The zero-order valence-electron chi connectivity index (χ0n) is 15.6. The molecule has 1 heterocycles. The van der Waals surface area contributed by atoms with Crippen LogP contribution in [0.2, 0.25) is 0 Å². The highest BCUT2D eigenvalue weighted by molar-refractivity contribution is 5.29. The molecule has 0 bridgehead atoms. The highest BCUT2D eigenvalue weighted by Crippen LogP contribution is 2.55. The Balaban J connectivity index is 2.34. The second kappa shape index (κ2) is 6.39. The fourth-order valence-corrected chi connectivity index (χ4v) is 4.87. The molecule has 22 heavy (non-hydrogen) atoms. The number of fused-ring (bicyclic) bond motifs is 1. The molecular formula is C20H36N2. The Kier molecular flexibility index (Phi) is 5.11. The van der Waals surface area contributed by atoms with Crippen LogP contribution in [0.1, 0.15) is 73.1 Å². The summed E-state index contributed by atoms with van der Waals surface area (Å²) in [4.78, 5) is 0. The number of hydrogen-bond acceptors (Lipinski definition) is 2. The van der Waals surface area contributed by atoms with Crippen molar-refractivity contribution < 1.29 is 0 Å². The Morgan fingerprint density at radius 3 is 2.77 bits per heavy atom. The van der Waals surface area contributed by atoms with Gasteiger partial charge in [-0.3, -0.25) is 0 Å². The molecule has 0 aromatic carbocycles. The van der Waals surface area contributed by atoms with E-state index >= 15 is 0 Å². The first kappa shape index (κ1) is 17.6. The van der Waals surface area contributed by atoms with Crippen LogP contribution in [-0.2, 0) is 0 Å². The van der Waals surface area contributed by atoms with Crippen LogP contribution >= 0.6 is 0 Å². The molecule has 2 rings (SSSR count). The molecule has 0 radical (unpaired) electrons. The first-order valence-corrected chi connectivity index (χ1v) is 9.10. The van der Waals surface area contributed by atoms with Gasteiger partial charge in [0.25, 0.3) is 0 Å². The Bertz CT molecular complexity index is 464. The number of allylic oxidation sites excluding steroid dienone is 2. The van der Waals surface area contributed by atoms with Gasteiger partial charge in [-0.25, -0.2) is 0 Å². The fourth-order valence-electron chi connectivity index (χ4n) is 4.87. The summed E-state index contributed by atoms with van der Waals surface area (Å²) in [6.45, 7) is 12.9. The maximum absolute atomic E-state index is 3.98. The lowest BCUT2D eigenvalue weighted by Gasteiger charge is -2.44. The largest absolute Gasteiger partial charge is 0.382 e. The van der Waals surface area contributed by atoms with Gasteiger partial charge in [-0.1, -0.05) is 44.9 Å². The second-order valence-corrected chi connectivity index (χ2v) is 8.39. The molecule has 0 saturated carbocycles. The van der Waals surface area contributed by atoms with Crippen molar-refractivity contribution in [3.63, 3.8) is 0 Å². The maximum atomic E-state index is 3.98. The first-order valence-electron chi connectivity index (χ1n) is 9.10. The second-order valence-electron chi connectivity index (χ2n) is 8.39. The van der Waals surface area contributed by atoms with Crippen molar-refractivity contribution in [2.75, 3.05) is 13.6 Å². The van der Waals surface area contributed by atoms with E-state index < -0.39 is 0 Å². The molecule has 0 spiro atoms. The van der Waals surface area contributed by atoms with Crippen molar-refractivity contribution >= 4 is 0 Å². The standard InChI is InChI=1S/C20H36N2/c1-7-11-19(4,13-16(2)14-21-6)20(5)15-18(3)12-9-8-10-17(18)22-20/h10,13,21-22H,7-9,11-12,14-15H2,1-6H3/b16-13-/t18-,19-,20?/m1/s1. The van der Waals surface area contributed by atoms with E-state index in [9.17, 15) is 0 Å². The molecule has 0 aromatic heterocycles. The van der Waals surface area contributed by atoms with Gasteiger partial charge in [-0.05, 0) is 53.0 Å². The molecule has 1 fully saturated rings. The van der Waals surface area contributed by atoms with Crippen molar-refractivity contribution in [3.05, 3.63) is 23.4 Å². The molecule has 126 valence electrons. The third-order valence-corrected chi connectivity index (χ3v) is 6.14. The number of hydrogen-bond donors (Lipinski definition) is 2. The number of rotatable bonds is 6. The van der Waals surface area contributed by atoms with E-state index in [0.717, 1.165) is 6.54 Å². The summed E-state index contributed by atoms with van der Waals surface area (Å²) >= 11 is 0. The summed E-state index contributed by atoms with van der Waals surface area (Å²) in [6.07, 6.45) is 12.7. The lowest BCUT2D eigenvalue weighted by Crippen LogP contribution is -2.50. The predicted molar refractivity (Wildman–Crippen MR) is 96.9 cm³/mol. The van der Waals surface area contributed by atoms with E-state index in [-0.39, 0.29) is 11.0 Å². The van der Waals surface area contributed by atoms with Gasteiger partial charge in [0.05, 0.1) is 0 Å². The van der Waals surface area contributed by atoms with Crippen molar-refractivity contribution in [1.82, 2.24) is 10.6 Å². The highest BCUT2D eigenvalue weighted by Gasteiger charge is 2.53. The van der Waals surface area contributed by atoms with Crippen LogP contribution in [0.4, 0.5) is 0 Å². The smallest absolute Gasteiger partial charge is 0.0439 e. The molecule has 1 aliphatic heterocycles. The van der Waals surface area contributed by atoms with Crippen LogP contribution in [0, 0.1) is 10.8 Å². The van der Waals surface area contributed by atoms with E-state index in [1.54, 1.807) is 0 Å². The van der Waals surface area contributed by atoms with E-state index in [4.69, 9.17) is 0 Å². The lowest BCUT2D eigenvalue weighted by molar-refractivity contribution is 0.159. The fraction of sp³-hybridized carbons (Fsp3) is 0.800. The zero-order valence-corrected chi connectivity index (χ0v) is 15.6. The predicted octanol–water partition coefficient (Wildman–Crippen LogP) is 4.78. The monoisotopic (exact) mass is 304 g/mol. The minimum absolute atomic E-state index is 0.156. The van der Waals surface area contributed by atoms with Crippen molar-refractivity contribution in [2.45, 2.75) is 78.7 Å². The van der Waals surface area contributed by atoms with Crippen LogP contribution < -0.4 is 10.6 Å². The van der Waals surface area contributed by atoms with E-state index in [1.165, 1.54) is 49.8 Å². The quantitative estimate of drug-likeness (QED) is 0.690. The molecular weight excluding hydrogens is 268 g/mol. The summed E-state index contributed by atoms with van der Waals surface area (Å²) < 4.78 is 0.